The molecule has 1 aromatic heterocycles. The summed E-state index contributed by atoms with van der Waals surface area (Å²) < 4.78 is 11.1. The van der Waals surface area contributed by atoms with Crippen molar-refractivity contribution in [1.82, 2.24) is 9.88 Å². The van der Waals surface area contributed by atoms with Crippen molar-refractivity contribution in [2.45, 2.75) is 51.2 Å². The molecule has 1 saturated heterocycles. The van der Waals surface area contributed by atoms with Gasteiger partial charge < -0.3 is 19.5 Å². The molecule has 0 bridgehead atoms. The van der Waals surface area contributed by atoms with Gasteiger partial charge in [-0.2, -0.15) is 0 Å². The summed E-state index contributed by atoms with van der Waals surface area (Å²) in [4.78, 5) is 18.1. The number of carbonyl (C=O) groups excluding carboxylic acids is 1. The lowest BCUT2D eigenvalue weighted by Gasteiger charge is -2.44. The Bertz CT molecular complexity index is 605. The Labute approximate surface area is 142 Å². The molecule has 0 aromatic carbocycles. The number of likely N-dealkylation sites (tertiary alicyclic amines) is 1. The molecule has 2 aliphatic heterocycles. The van der Waals surface area contributed by atoms with Gasteiger partial charge in [0.1, 0.15) is 17.0 Å². The van der Waals surface area contributed by atoms with E-state index in [4.69, 9.17) is 9.47 Å². The fraction of sp³-hybridized carbons (Fsp3) is 0.667. The highest BCUT2D eigenvalue weighted by atomic mass is 16.6. The van der Waals surface area contributed by atoms with Crippen LogP contribution in [0.1, 0.15) is 45.6 Å². The third-order valence-corrected chi connectivity index (χ3v) is 4.81. The first-order valence-corrected chi connectivity index (χ1v) is 8.57. The molecule has 1 atom stereocenters. The number of nitrogens with zero attached hydrogens (tertiary/aromatic N) is 2. The van der Waals surface area contributed by atoms with Crippen LogP contribution in [0.2, 0.25) is 0 Å². The number of hydrogen-bond acceptors (Lipinski definition) is 5. The molecule has 0 saturated carbocycles. The Hall–Kier alpha value is -1.82. The second-order valence-corrected chi connectivity index (χ2v) is 7.64. The Balaban J connectivity index is 1.68. The van der Waals surface area contributed by atoms with E-state index in [0.29, 0.717) is 31.9 Å². The average Bonchev–Trinajstić information content (AvgIpc) is 2.54. The predicted molar refractivity (Wildman–Crippen MR) is 88.8 cm³/mol. The number of carbonyl (C=O) groups is 1. The number of amides is 1. The fourth-order valence-electron chi connectivity index (χ4n) is 3.57. The third kappa shape index (κ3) is 3.34. The average molecular weight is 334 g/mol. The van der Waals surface area contributed by atoms with Crippen LogP contribution in [0.15, 0.2) is 18.5 Å². The van der Waals surface area contributed by atoms with Crippen molar-refractivity contribution in [2.24, 2.45) is 5.92 Å². The molecule has 0 spiro atoms. The van der Waals surface area contributed by atoms with E-state index in [9.17, 15) is 9.90 Å². The smallest absolute Gasteiger partial charge is 0.410 e. The Morgan fingerprint density at radius 3 is 2.79 bits per heavy atom. The molecular weight excluding hydrogens is 308 g/mol. The number of ether oxygens (including phenoxy) is 2. The van der Waals surface area contributed by atoms with E-state index in [2.05, 4.69) is 4.98 Å². The van der Waals surface area contributed by atoms with Gasteiger partial charge in [-0.3, -0.25) is 4.98 Å². The summed E-state index contributed by atoms with van der Waals surface area (Å²) >= 11 is 0. The Morgan fingerprint density at radius 1 is 1.42 bits per heavy atom. The monoisotopic (exact) mass is 334 g/mol. The molecule has 1 unspecified atom stereocenters. The molecule has 2 aliphatic rings. The summed E-state index contributed by atoms with van der Waals surface area (Å²) in [7, 11) is 0. The topological polar surface area (TPSA) is 71.9 Å². The van der Waals surface area contributed by atoms with E-state index in [-0.39, 0.29) is 12.0 Å². The van der Waals surface area contributed by atoms with Crippen LogP contribution < -0.4 is 4.74 Å². The molecule has 1 amide bonds. The van der Waals surface area contributed by atoms with Crippen molar-refractivity contribution in [3.05, 3.63) is 24.0 Å². The first kappa shape index (κ1) is 17.0. The molecule has 1 fully saturated rings. The maximum Gasteiger partial charge on any atom is 0.410 e. The van der Waals surface area contributed by atoms with Crippen LogP contribution in [0, 0.1) is 5.92 Å². The molecule has 1 N–H and O–H groups in total. The van der Waals surface area contributed by atoms with Gasteiger partial charge in [0.15, 0.2) is 0 Å². The molecule has 6 heteroatoms. The lowest BCUT2D eigenvalue weighted by atomic mass is 9.73. The highest BCUT2D eigenvalue weighted by Gasteiger charge is 2.44. The van der Waals surface area contributed by atoms with Crippen LogP contribution in [0.3, 0.4) is 0 Å². The normalized spacial score (nSPS) is 24.9. The van der Waals surface area contributed by atoms with Gasteiger partial charge in [-0.15, -0.1) is 0 Å². The largest absolute Gasteiger partial charge is 0.493 e. The zero-order valence-corrected chi connectivity index (χ0v) is 14.6. The summed E-state index contributed by atoms with van der Waals surface area (Å²) in [5.74, 6) is 0.802. The maximum atomic E-state index is 12.2. The van der Waals surface area contributed by atoms with E-state index >= 15 is 0 Å². The second kappa shape index (κ2) is 6.24. The number of hydrogen-bond donors (Lipinski definition) is 1. The molecule has 1 aromatic rings. The summed E-state index contributed by atoms with van der Waals surface area (Å²) in [6.07, 6.45) is 5.14. The minimum absolute atomic E-state index is 0.0861. The minimum atomic E-state index is -0.929. The van der Waals surface area contributed by atoms with Crippen LogP contribution in [0.25, 0.3) is 0 Å². The summed E-state index contributed by atoms with van der Waals surface area (Å²) in [6.45, 7) is 7.29. The summed E-state index contributed by atoms with van der Waals surface area (Å²) in [6, 6.07) is 1.80. The highest BCUT2D eigenvalue weighted by molar-refractivity contribution is 5.68. The number of fused-ring (bicyclic) bond motifs is 1. The van der Waals surface area contributed by atoms with E-state index in [0.717, 1.165) is 18.4 Å². The first-order chi connectivity index (χ1) is 11.3. The van der Waals surface area contributed by atoms with E-state index in [1.807, 2.05) is 20.8 Å². The van der Waals surface area contributed by atoms with Crippen molar-refractivity contribution >= 4 is 6.09 Å². The zero-order chi connectivity index (χ0) is 17.4. The quantitative estimate of drug-likeness (QED) is 0.855. The van der Waals surface area contributed by atoms with Crippen molar-refractivity contribution in [3.8, 4) is 5.75 Å². The Kier molecular flexibility index (Phi) is 4.42. The number of pyridine rings is 1. The van der Waals surface area contributed by atoms with Crippen LogP contribution in [0.4, 0.5) is 4.79 Å². The van der Waals surface area contributed by atoms with Crippen LogP contribution in [-0.4, -0.2) is 46.4 Å². The molecule has 6 nitrogen and oxygen atoms in total. The highest BCUT2D eigenvalue weighted by Crippen LogP contribution is 2.45. The number of aliphatic hydroxyl groups is 1. The van der Waals surface area contributed by atoms with Gasteiger partial charge in [0.05, 0.1) is 6.61 Å². The molecule has 3 heterocycles. The minimum Gasteiger partial charge on any atom is -0.493 e. The van der Waals surface area contributed by atoms with Gasteiger partial charge in [-0.1, -0.05) is 0 Å². The number of rotatable bonds is 1. The second-order valence-electron chi connectivity index (χ2n) is 7.64. The lowest BCUT2D eigenvalue weighted by Crippen LogP contribution is -2.48. The van der Waals surface area contributed by atoms with Crippen molar-refractivity contribution in [2.75, 3.05) is 19.7 Å². The maximum absolute atomic E-state index is 12.2. The van der Waals surface area contributed by atoms with Gasteiger partial charge in [0.25, 0.3) is 0 Å². The molecule has 3 rings (SSSR count). The fourth-order valence-corrected chi connectivity index (χ4v) is 3.57. The van der Waals surface area contributed by atoms with Gasteiger partial charge in [0, 0.05) is 37.5 Å². The molecule has 132 valence electrons. The van der Waals surface area contributed by atoms with Gasteiger partial charge in [-0.25, -0.2) is 4.79 Å². The lowest BCUT2D eigenvalue weighted by molar-refractivity contribution is -0.0755. The zero-order valence-electron chi connectivity index (χ0n) is 14.6. The van der Waals surface area contributed by atoms with E-state index < -0.39 is 11.2 Å². The molecule has 0 aliphatic carbocycles. The summed E-state index contributed by atoms with van der Waals surface area (Å²) in [5, 5.41) is 11.3. The van der Waals surface area contributed by atoms with Crippen LogP contribution in [-0.2, 0) is 10.3 Å². The number of aromatic nitrogens is 1. The summed E-state index contributed by atoms with van der Waals surface area (Å²) in [5.41, 5.74) is -0.647. The van der Waals surface area contributed by atoms with Crippen molar-refractivity contribution in [1.29, 1.82) is 0 Å². The van der Waals surface area contributed by atoms with E-state index in [1.54, 1.807) is 23.4 Å². The predicted octanol–water partition coefficient (Wildman–Crippen LogP) is 2.70. The molecule has 24 heavy (non-hydrogen) atoms. The van der Waals surface area contributed by atoms with Gasteiger partial charge >= 0.3 is 6.09 Å². The number of piperidine rings is 1. The standard InChI is InChI=1S/C18H26N2O4/c1-17(2,3)24-16(21)20-9-5-13(6-10-20)18(22)7-11-23-15-4-8-19-12-14(15)18/h4,8,12-13,22H,5-7,9-11H2,1-3H3. The Morgan fingerprint density at radius 2 is 2.12 bits per heavy atom. The first-order valence-electron chi connectivity index (χ1n) is 8.57. The molecular formula is C18H26N2O4. The van der Waals surface area contributed by atoms with Gasteiger partial charge in [0.2, 0.25) is 0 Å². The van der Waals surface area contributed by atoms with Gasteiger partial charge in [-0.05, 0) is 45.6 Å². The molecule has 0 radical (unpaired) electrons. The van der Waals surface area contributed by atoms with Crippen LogP contribution in [0.5, 0.6) is 5.75 Å². The SMILES string of the molecule is CC(C)(C)OC(=O)N1CCC(C2(O)CCOc3ccncc32)CC1. The van der Waals surface area contributed by atoms with Crippen molar-refractivity contribution < 1.29 is 19.4 Å². The van der Waals surface area contributed by atoms with E-state index in [1.165, 1.54) is 0 Å². The van der Waals surface area contributed by atoms with Crippen LogP contribution >= 0.6 is 0 Å². The third-order valence-electron chi connectivity index (χ3n) is 4.81. The van der Waals surface area contributed by atoms with Crippen molar-refractivity contribution in [3.63, 3.8) is 0 Å².